The lowest BCUT2D eigenvalue weighted by Crippen LogP contribution is -2.45. The van der Waals surface area contributed by atoms with E-state index in [1.54, 1.807) is 0 Å². The average molecular weight is 199 g/mol. The van der Waals surface area contributed by atoms with Gasteiger partial charge in [0.1, 0.15) is 0 Å². The molecule has 3 N–H and O–H groups in total. The van der Waals surface area contributed by atoms with Gasteiger partial charge in [-0.2, -0.15) is 0 Å². The van der Waals surface area contributed by atoms with Gasteiger partial charge in [-0.3, -0.25) is 4.99 Å². The fourth-order valence-corrected chi connectivity index (χ4v) is 1.22. The first-order chi connectivity index (χ1) is 6.35. The van der Waals surface area contributed by atoms with Crippen LogP contribution in [0, 0.1) is 0 Å². The van der Waals surface area contributed by atoms with Crippen molar-refractivity contribution in [1.82, 2.24) is 5.32 Å². The smallest absolute Gasteiger partial charge is 0.189 e. The van der Waals surface area contributed by atoms with E-state index >= 15 is 0 Å². The Labute approximate surface area is 88.2 Å². The van der Waals surface area contributed by atoms with E-state index in [-0.39, 0.29) is 5.54 Å². The molecule has 1 unspecified atom stereocenters. The SMILES string of the molecule is CCCCC(C)N=C(N)NC(C)(C)C. The van der Waals surface area contributed by atoms with Crippen molar-refractivity contribution in [2.45, 2.75) is 65.5 Å². The van der Waals surface area contributed by atoms with Gasteiger partial charge in [-0.1, -0.05) is 19.8 Å². The third-order valence-corrected chi connectivity index (χ3v) is 1.84. The van der Waals surface area contributed by atoms with E-state index in [0.717, 1.165) is 6.42 Å². The highest BCUT2D eigenvalue weighted by atomic mass is 15.1. The summed E-state index contributed by atoms with van der Waals surface area (Å²) >= 11 is 0. The molecule has 0 spiro atoms. The molecule has 0 aliphatic carbocycles. The summed E-state index contributed by atoms with van der Waals surface area (Å²) in [6, 6.07) is 0.324. The van der Waals surface area contributed by atoms with E-state index in [1.165, 1.54) is 12.8 Å². The van der Waals surface area contributed by atoms with E-state index in [1.807, 2.05) is 0 Å². The van der Waals surface area contributed by atoms with Crippen LogP contribution in [0.15, 0.2) is 4.99 Å². The second kappa shape index (κ2) is 5.89. The maximum atomic E-state index is 5.77. The normalized spacial score (nSPS) is 15.4. The zero-order chi connectivity index (χ0) is 11.2. The highest BCUT2D eigenvalue weighted by Gasteiger charge is 2.10. The fraction of sp³-hybridized carbons (Fsp3) is 0.909. The molecule has 0 heterocycles. The highest BCUT2D eigenvalue weighted by Crippen LogP contribution is 2.04. The van der Waals surface area contributed by atoms with Gasteiger partial charge in [-0.05, 0) is 34.1 Å². The molecule has 0 bridgehead atoms. The summed E-state index contributed by atoms with van der Waals surface area (Å²) in [7, 11) is 0. The summed E-state index contributed by atoms with van der Waals surface area (Å²) in [6.45, 7) is 10.5. The predicted molar refractivity (Wildman–Crippen MR) is 63.5 cm³/mol. The summed E-state index contributed by atoms with van der Waals surface area (Å²) < 4.78 is 0. The molecule has 0 rings (SSSR count). The molecular weight excluding hydrogens is 174 g/mol. The molecule has 3 heteroatoms. The van der Waals surface area contributed by atoms with E-state index in [2.05, 4.69) is 44.9 Å². The van der Waals surface area contributed by atoms with Crippen molar-refractivity contribution in [3.8, 4) is 0 Å². The van der Waals surface area contributed by atoms with Gasteiger partial charge in [0, 0.05) is 5.54 Å². The summed E-state index contributed by atoms with van der Waals surface area (Å²) in [4.78, 5) is 4.38. The molecular formula is C11H25N3. The molecule has 0 aliphatic rings. The van der Waals surface area contributed by atoms with Crippen molar-refractivity contribution >= 4 is 5.96 Å². The van der Waals surface area contributed by atoms with Gasteiger partial charge in [0.05, 0.1) is 6.04 Å². The van der Waals surface area contributed by atoms with Gasteiger partial charge in [0.25, 0.3) is 0 Å². The first kappa shape index (κ1) is 13.3. The summed E-state index contributed by atoms with van der Waals surface area (Å²) in [5.41, 5.74) is 5.77. The van der Waals surface area contributed by atoms with Crippen LogP contribution >= 0.6 is 0 Å². The van der Waals surface area contributed by atoms with Crippen molar-refractivity contribution in [2.24, 2.45) is 10.7 Å². The number of nitrogens with two attached hydrogens (primary N) is 1. The summed E-state index contributed by atoms with van der Waals surface area (Å²) in [5.74, 6) is 0.557. The van der Waals surface area contributed by atoms with Crippen molar-refractivity contribution < 1.29 is 0 Å². The minimum Gasteiger partial charge on any atom is -0.370 e. The Morgan fingerprint density at radius 2 is 2.00 bits per heavy atom. The number of hydrogen-bond donors (Lipinski definition) is 2. The van der Waals surface area contributed by atoms with Crippen LogP contribution in [0.3, 0.4) is 0 Å². The molecule has 0 radical (unpaired) electrons. The lowest BCUT2D eigenvalue weighted by Gasteiger charge is -2.21. The van der Waals surface area contributed by atoms with Gasteiger partial charge in [0.2, 0.25) is 0 Å². The number of aliphatic imine (C=N–C) groups is 1. The Bertz CT molecular complexity index is 179. The zero-order valence-electron chi connectivity index (χ0n) is 10.2. The third kappa shape index (κ3) is 7.90. The van der Waals surface area contributed by atoms with Crippen LogP contribution in [0.5, 0.6) is 0 Å². The second-order valence-corrected chi connectivity index (χ2v) is 4.88. The molecule has 14 heavy (non-hydrogen) atoms. The molecule has 84 valence electrons. The second-order valence-electron chi connectivity index (χ2n) is 4.88. The van der Waals surface area contributed by atoms with Crippen LogP contribution in [0.4, 0.5) is 0 Å². The Hall–Kier alpha value is -0.730. The number of nitrogens with one attached hydrogen (secondary N) is 1. The van der Waals surface area contributed by atoms with Gasteiger partial charge in [-0.15, -0.1) is 0 Å². The predicted octanol–water partition coefficient (Wildman–Crippen LogP) is 2.27. The maximum absolute atomic E-state index is 5.77. The molecule has 0 amide bonds. The van der Waals surface area contributed by atoms with E-state index < -0.39 is 0 Å². The maximum Gasteiger partial charge on any atom is 0.189 e. The zero-order valence-corrected chi connectivity index (χ0v) is 10.2. The Balaban J connectivity index is 3.96. The highest BCUT2D eigenvalue weighted by molar-refractivity contribution is 5.78. The van der Waals surface area contributed by atoms with Gasteiger partial charge in [-0.25, -0.2) is 0 Å². The average Bonchev–Trinajstić information content (AvgIpc) is 1.96. The van der Waals surface area contributed by atoms with Crippen molar-refractivity contribution in [2.75, 3.05) is 0 Å². The molecule has 0 aromatic heterocycles. The summed E-state index contributed by atoms with van der Waals surface area (Å²) in [6.07, 6.45) is 3.54. The monoisotopic (exact) mass is 199 g/mol. The minimum atomic E-state index is -0.00192. The molecule has 0 aliphatic heterocycles. The van der Waals surface area contributed by atoms with Crippen LogP contribution in [-0.4, -0.2) is 17.5 Å². The Morgan fingerprint density at radius 1 is 1.43 bits per heavy atom. The first-order valence-electron chi connectivity index (χ1n) is 5.46. The van der Waals surface area contributed by atoms with E-state index in [4.69, 9.17) is 5.73 Å². The molecule has 0 fully saturated rings. The molecule has 0 saturated carbocycles. The van der Waals surface area contributed by atoms with Gasteiger partial charge < -0.3 is 11.1 Å². The number of hydrogen-bond acceptors (Lipinski definition) is 1. The topological polar surface area (TPSA) is 50.4 Å². The number of rotatable bonds is 4. The number of nitrogens with zero attached hydrogens (tertiary/aromatic N) is 1. The lowest BCUT2D eigenvalue weighted by molar-refractivity contribution is 0.504. The molecule has 0 saturated heterocycles. The van der Waals surface area contributed by atoms with Crippen LogP contribution in [-0.2, 0) is 0 Å². The van der Waals surface area contributed by atoms with Crippen molar-refractivity contribution in [1.29, 1.82) is 0 Å². The van der Waals surface area contributed by atoms with Crippen LogP contribution < -0.4 is 11.1 Å². The Morgan fingerprint density at radius 3 is 2.43 bits per heavy atom. The minimum absolute atomic E-state index is 0.00192. The Kier molecular flexibility index (Phi) is 5.58. The third-order valence-electron chi connectivity index (χ3n) is 1.84. The van der Waals surface area contributed by atoms with Crippen LogP contribution in [0.1, 0.15) is 53.9 Å². The van der Waals surface area contributed by atoms with Crippen LogP contribution in [0.2, 0.25) is 0 Å². The van der Waals surface area contributed by atoms with Crippen molar-refractivity contribution in [3.63, 3.8) is 0 Å². The molecule has 0 aromatic carbocycles. The van der Waals surface area contributed by atoms with Gasteiger partial charge >= 0.3 is 0 Å². The largest absolute Gasteiger partial charge is 0.370 e. The quantitative estimate of drug-likeness (QED) is 0.539. The standard InChI is InChI=1S/C11H25N3/c1-6-7-8-9(2)13-10(12)14-11(3,4)5/h9H,6-8H2,1-5H3,(H3,12,13,14). The van der Waals surface area contributed by atoms with Gasteiger partial charge in [0.15, 0.2) is 5.96 Å². The molecule has 1 atom stereocenters. The number of unbranched alkanes of at least 4 members (excludes halogenated alkanes) is 1. The summed E-state index contributed by atoms with van der Waals surface area (Å²) in [5, 5.41) is 3.15. The lowest BCUT2D eigenvalue weighted by atomic mass is 10.1. The van der Waals surface area contributed by atoms with Crippen molar-refractivity contribution in [3.05, 3.63) is 0 Å². The number of guanidine groups is 1. The fourth-order valence-electron chi connectivity index (χ4n) is 1.22. The van der Waals surface area contributed by atoms with E-state index in [0.29, 0.717) is 12.0 Å². The first-order valence-corrected chi connectivity index (χ1v) is 5.46. The molecule has 3 nitrogen and oxygen atoms in total. The molecule has 0 aromatic rings. The van der Waals surface area contributed by atoms with E-state index in [9.17, 15) is 0 Å². The van der Waals surface area contributed by atoms with Crippen LogP contribution in [0.25, 0.3) is 0 Å².